The van der Waals surface area contributed by atoms with Crippen molar-refractivity contribution in [3.8, 4) is 5.69 Å². The lowest BCUT2D eigenvalue weighted by Crippen LogP contribution is -2.44. The number of rotatable bonds is 3. The van der Waals surface area contributed by atoms with Crippen LogP contribution in [0.3, 0.4) is 0 Å². The summed E-state index contributed by atoms with van der Waals surface area (Å²) >= 11 is 0. The van der Waals surface area contributed by atoms with Crippen molar-refractivity contribution in [2.45, 2.75) is 32.9 Å². The van der Waals surface area contributed by atoms with Crippen LogP contribution in [0, 0.1) is 19.7 Å². The number of aromatic nitrogens is 5. The van der Waals surface area contributed by atoms with Gasteiger partial charge in [-0.2, -0.15) is 10.1 Å². The molecule has 2 aliphatic rings. The van der Waals surface area contributed by atoms with Gasteiger partial charge in [-0.3, -0.25) is 4.79 Å². The maximum absolute atomic E-state index is 14.4. The van der Waals surface area contributed by atoms with Crippen molar-refractivity contribution in [1.29, 1.82) is 0 Å². The number of halogens is 1. The first kappa shape index (κ1) is 19.7. The standard InChI is InChI=1S/C21H24FN7O2/c1-13-18(14(2)29(25-13)16-7-4-3-6-15(16)22)17-12-31-11-10-27(17)20(30)19-24-21-23-8-5-9-28(21)26-19/h3-4,6-7,17H,5,8-12H2,1-2H3,(H,23,24,26). The molecule has 1 amide bonds. The van der Waals surface area contributed by atoms with Gasteiger partial charge in [0.05, 0.1) is 24.9 Å². The van der Waals surface area contributed by atoms with Crippen LogP contribution >= 0.6 is 0 Å². The first-order valence-corrected chi connectivity index (χ1v) is 10.4. The lowest BCUT2D eigenvalue weighted by atomic mass is 10.0. The molecule has 0 radical (unpaired) electrons. The van der Waals surface area contributed by atoms with Gasteiger partial charge in [-0.25, -0.2) is 13.8 Å². The van der Waals surface area contributed by atoms with E-state index in [2.05, 4.69) is 20.5 Å². The molecule has 2 aromatic heterocycles. The fourth-order valence-corrected chi connectivity index (χ4v) is 4.36. The fourth-order valence-electron chi connectivity index (χ4n) is 4.36. The molecule has 1 fully saturated rings. The summed E-state index contributed by atoms with van der Waals surface area (Å²) in [6.07, 6.45) is 0.942. The van der Waals surface area contributed by atoms with Crippen molar-refractivity contribution in [2.75, 3.05) is 31.6 Å². The van der Waals surface area contributed by atoms with Crippen molar-refractivity contribution < 1.29 is 13.9 Å². The smallest absolute Gasteiger partial charge is 0.294 e. The first-order chi connectivity index (χ1) is 15.0. The molecular formula is C21H24FN7O2. The van der Waals surface area contributed by atoms with Crippen LogP contribution in [-0.2, 0) is 11.3 Å². The van der Waals surface area contributed by atoms with Crippen molar-refractivity contribution >= 4 is 11.9 Å². The Morgan fingerprint density at radius 1 is 1.23 bits per heavy atom. The normalized spacial score (nSPS) is 18.5. The second kappa shape index (κ2) is 7.77. The zero-order valence-electron chi connectivity index (χ0n) is 17.5. The molecule has 0 saturated carbocycles. The number of carbonyl (C=O) groups excluding carboxylic acids is 1. The Balaban J connectivity index is 1.51. The van der Waals surface area contributed by atoms with Crippen LogP contribution in [0.4, 0.5) is 10.3 Å². The van der Waals surface area contributed by atoms with Crippen molar-refractivity contribution in [2.24, 2.45) is 0 Å². The lowest BCUT2D eigenvalue weighted by Gasteiger charge is -2.35. The van der Waals surface area contributed by atoms with Crippen LogP contribution in [-0.4, -0.2) is 61.7 Å². The molecule has 31 heavy (non-hydrogen) atoms. The van der Waals surface area contributed by atoms with Gasteiger partial charge in [0.25, 0.3) is 5.91 Å². The summed E-state index contributed by atoms with van der Waals surface area (Å²) < 4.78 is 23.4. The minimum absolute atomic E-state index is 0.174. The maximum atomic E-state index is 14.4. The highest BCUT2D eigenvalue weighted by Crippen LogP contribution is 2.32. The SMILES string of the molecule is Cc1nn(-c2ccccc2F)c(C)c1C1COCCN1C(=O)c1nc2n(n1)CCCN2. The summed E-state index contributed by atoms with van der Waals surface area (Å²) in [5.41, 5.74) is 2.74. The summed E-state index contributed by atoms with van der Waals surface area (Å²) in [6, 6.07) is 6.16. The highest BCUT2D eigenvalue weighted by atomic mass is 19.1. The molecule has 2 aliphatic heterocycles. The number of fused-ring (bicyclic) bond motifs is 1. The molecule has 10 heteroatoms. The number of benzene rings is 1. The van der Waals surface area contributed by atoms with Gasteiger partial charge >= 0.3 is 0 Å². The summed E-state index contributed by atoms with van der Waals surface area (Å²) in [4.78, 5) is 19.5. The molecule has 0 spiro atoms. The highest BCUT2D eigenvalue weighted by molar-refractivity contribution is 5.91. The van der Waals surface area contributed by atoms with Crippen molar-refractivity contribution in [1.82, 2.24) is 29.4 Å². The topological polar surface area (TPSA) is 90.1 Å². The van der Waals surface area contributed by atoms with E-state index in [0.717, 1.165) is 36.5 Å². The summed E-state index contributed by atoms with van der Waals surface area (Å²) in [7, 11) is 0. The van der Waals surface area contributed by atoms with E-state index >= 15 is 0 Å². The Hall–Kier alpha value is -3.27. The number of hydrogen-bond acceptors (Lipinski definition) is 6. The minimum atomic E-state index is -0.354. The molecule has 0 aliphatic carbocycles. The van der Waals surface area contributed by atoms with E-state index < -0.39 is 0 Å². The number of amides is 1. The molecule has 9 nitrogen and oxygen atoms in total. The third-order valence-corrected chi connectivity index (χ3v) is 5.84. The van der Waals surface area contributed by atoms with Crippen LogP contribution in [0.25, 0.3) is 5.69 Å². The Morgan fingerprint density at radius 2 is 2.06 bits per heavy atom. The Labute approximate surface area is 178 Å². The predicted octanol–water partition coefficient (Wildman–Crippen LogP) is 2.25. The number of hydrogen-bond donors (Lipinski definition) is 1. The van der Waals surface area contributed by atoms with Gasteiger partial charge in [0, 0.05) is 30.9 Å². The number of para-hydroxylation sites is 1. The summed E-state index contributed by atoms with van der Waals surface area (Å²) in [6.45, 7) is 6.51. The van der Waals surface area contributed by atoms with Crippen molar-refractivity contribution in [3.63, 3.8) is 0 Å². The molecule has 1 atom stereocenters. The number of anilines is 1. The molecular weight excluding hydrogens is 401 g/mol. The van der Waals surface area contributed by atoms with Gasteiger partial charge in [0.2, 0.25) is 11.8 Å². The van der Waals surface area contributed by atoms with Crippen LogP contribution in [0.5, 0.6) is 0 Å². The van der Waals surface area contributed by atoms with Crippen LogP contribution in [0.1, 0.15) is 40.0 Å². The van der Waals surface area contributed by atoms with E-state index in [0.29, 0.717) is 31.4 Å². The molecule has 1 aromatic carbocycles. The van der Waals surface area contributed by atoms with Gasteiger partial charge < -0.3 is 15.0 Å². The average Bonchev–Trinajstić information content (AvgIpc) is 3.34. The third kappa shape index (κ3) is 3.36. The molecule has 4 heterocycles. The van der Waals surface area contributed by atoms with E-state index in [1.807, 2.05) is 13.8 Å². The number of aryl methyl sites for hydroxylation is 2. The van der Waals surface area contributed by atoms with Gasteiger partial charge in [-0.05, 0) is 32.4 Å². The first-order valence-electron chi connectivity index (χ1n) is 10.4. The third-order valence-electron chi connectivity index (χ3n) is 5.84. The van der Waals surface area contributed by atoms with Crippen LogP contribution < -0.4 is 5.32 Å². The van der Waals surface area contributed by atoms with Crippen molar-refractivity contribution in [3.05, 3.63) is 52.9 Å². The largest absolute Gasteiger partial charge is 0.377 e. The number of nitrogens with one attached hydrogen (secondary N) is 1. The van der Waals surface area contributed by atoms with E-state index in [4.69, 9.17) is 4.74 Å². The zero-order chi connectivity index (χ0) is 21.5. The van der Waals surface area contributed by atoms with E-state index in [9.17, 15) is 9.18 Å². The van der Waals surface area contributed by atoms with Gasteiger partial charge in [-0.15, -0.1) is 5.10 Å². The fraction of sp³-hybridized carbons (Fsp3) is 0.429. The van der Waals surface area contributed by atoms with Gasteiger partial charge in [-0.1, -0.05) is 12.1 Å². The summed E-state index contributed by atoms with van der Waals surface area (Å²) in [5.74, 6) is 0.203. The number of nitrogens with zero attached hydrogens (tertiary/aromatic N) is 6. The Kier molecular flexibility index (Phi) is 4.93. The minimum Gasteiger partial charge on any atom is -0.377 e. The number of carbonyl (C=O) groups is 1. The van der Waals surface area contributed by atoms with Gasteiger partial charge in [0.15, 0.2) is 0 Å². The number of morpholine rings is 1. The van der Waals surface area contributed by atoms with E-state index in [1.165, 1.54) is 6.07 Å². The molecule has 162 valence electrons. The average molecular weight is 425 g/mol. The van der Waals surface area contributed by atoms with Crippen LogP contribution in [0.2, 0.25) is 0 Å². The zero-order valence-corrected chi connectivity index (χ0v) is 17.5. The van der Waals surface area contributed by atoms with Gasteiger partial charge in [0.1, 0.15) is 11.5 Å². The molecule has 5 rings (SSSR count). The molecule has 3 aromatic rings. The van der Waals surface area contributed by atoms with E-state index in [-0.39, 0.29) is 23.6 Å². The molecule has 1 unspecified atom stereocenters. The van der Waals surface area contributed by atoms with E-state index in [1.54, 1.807) is 32.5 Å². The Morgan fingerprint density at radius 3 is 2.87 bits per heavy atom. The maximum Gasteiger partial charge on any atom is 0.294 e. The predicted molar refractivity (Wildman–Crippen MR) is 111 cm³/mol. The lowest BCUT2D eigenvalue weighted by molar-refractivity contribution is -0.00369. The second-order valence-corrected chi connectivity index (χ2v) is 7.80. The molecule has 1 saturated heterocycles. The molecule has 0 bridgehead atoms. The quantitative estimate of drug-likeness (QED) is 0.692. The Bertz CT molecular complexity index is 1120. The van der Waals surface area contributed by atoms with Crippen LogP contribution in [0.15, 0.2) is 24.3 Å². The summed E-state index contributed by atoms with van der Waals surface area (Å²) in [5, 5.41) is 12.2. The monoisotopic (exact) mass is 425 g/mol. The molecule has 1 N–H and O–H groups in total. The second-order valence-electron chi connectivity index (χ2n) is 7.80. The number of ether oxygens (including phenoxy) is 1. The highest BCUT2D eigenvalue weighted by Gasteiger charge is 2.35.